The lowest BCUT2D eigenvalue weighted by Gasteiger charge is -2.22. The summed E-state index contributed by atoms with van der Waals surface area (Å²) in [6.07, 6.45) is 1.56. The Morgan fingerprint density at radius 3 is 2.89 bits per heavy atom. The van der Waals surface area contributed by atoms with Crippen LogP contribution < -0.4 is 4.74 Å². The lowest BCUT2D eigenvalue weighted by molar-refractivity contribution is -0.142. The van der Waals surface area contributed by atoms with E-state index in [-0.39, 0.29) is 0 Å². The molecule has 6 heteroatoms. The van der Waals surface area contributed by atoms with Gasteiger partial charge in [0.05, 0.1) is 12.1 Å². The normalized spacial score (nSPS) is 19.6. The van der Waals surface area contributed by atoms with Gasteiger partial charge in [0, 0.05) is 17.1 Å². The van der Waals surface area contributed by atoms with E-state index >= 15 is 0 Å². The maximum absolute atomic E-state index is 11.2. The minimum atomic E-state index is -0.787. The Hall–Kier alpha value is -0.970. The topological polar surface area (TPSA) is 49.8 Å². The van der Waals surface area contributed by atoms with Crippen LogP contribution in [0.1, 0.15) is 18.4 Å². The second-order valence-corrected chi connectivity index (χ2v) is 5.39. The third-order valence-corrected chi connectivity index (χ3v) is 3.81. The lowest BCUT2D eigenvalue weighted by atomic mass is 10.1. The average Bonchev–Trinajstić information content (AvgIpc) is 2.76. The first kappa shape index (κ1) is 14.4. The lowest BCUT2D eigenvalue weighted by Crippen LogP contribution is -2.35. The molecule has 4 nitrogen and oxygen atoms in total. The Kier molecular flexibility index (Phi) is 4.55. The first-order chi connectivity index (χ1) is 9.02. The smallest absolute Gasteiger partial charge is 0.320 e. The number of hydrogen-bond donors (Lipinski definition) is 1. The van der Waals surface area contributed by atoms with E-state index < -0.39 is 12.0 Å². The van der Waals surface area contributed by atoms with E-state index in [2.05, 4.69) is 0 Å². The van der Waals surface area contributed by atoms with Crippen LogP contribution in [-0.4, -0.2) is 35.7 Å². The summed E-state index contributed by atoms with van der Waals surface area (Å²) >= 11 is 12.1. The molecule has 0 unspecified atom stereocenters. The Bertz CT molecular complexity index is 493. The molecule has 1 atom stereocenters. The van der Waals surface area contributed by atoms with Gasteiger partial charge in [0.25, 0.3) is 0 Å². The molecule has 19 heavy (non-hydrogen) atoms. The number of methoxy groups -OCH3 is 1. The number of aliphatic carboxylic acids is 1. The maximum Gasteiger partial charge on any atom is 0.320 e. The van der Waals surface area contributed by atoms with Crippen LogP contribution >= 0.6 is 23.2 Å². The number of halogens is 2. The van der Waals surface area contributed by atoms with Gasteiger partial charge < -0.3 is 9.84 Å². The molecule has 1 fully saturated rings. The van der Waals surface area contributed by atoms with Gasteiger partial charge in [-0.15, -0.1) is 0 Å². The first-order valence-corrected chi connectivity index (χ1v) is 6.77. The summed E-state index contributed by atoms with van der Waals surface area (Å²) in [5, 5.41) is 10.1. The van der Waals surface area contributed by atoms with E-state index in [9.17, 15) is 9.90 Å². The minimum absolute atomic E-state index is 0.441. The second kappa shape index (κ2) is 5.99. The monoisotopic (exact) mass is 303 g/mol. The van der Waals surface area contributed by atoms with Crippen molar-refractivity contribution in [2.45, 2.75) is 25.4 Å². The molecule has 2 rings (SSSR count). The molecule has 104 valence electrons. The van der Waals surface area contributed by atoms with Crippen molar-refractivity contribution < 1.29 is 14.6 Å². The van der Waals surface area contributed by atoms with Gasteiger partial charge in [-0.25, -0.2) is 0 Å². The zero-order valence-corrected chi connectivity index (χ0v) is 12.0. The fourth-order valence-corrected chi connectivity index (χ4v) is 3.09. The quantitative estimate of drug-likeness (QED) is 0.929. The van der Waals surface area contributed by atoms with Crippen molar-refractivity contribution >= 4 is 29.2 Å². The van der Waals surface area contributed by atoms with Gasteiger partial charge in [-0.2, -0.15) is 0 Å². The van der Waals surface area contributed by atoms with Crippen LogP contribution in [0.25, 0.3) is 0 Å². The summed E-state index contributed by atoms with van der Waals surface area (Å²) in [5.74, 6) is -0.230. The molecule has 0 bridgehead atoms. The SMILES string of the molecule is COc1c(Cl)cc(Cl)cc1CN1CCC[C@@H]1C(=O)O. The number of rotatable bonds is 4. The molecular weight excluding hydrogens is 289 g/mol. The molecule has 0 spiro atoms. The number of carboxylic acid groups (broad SMARTS) is 1. The first-order valence-electron chi connectivity index (χ1n) is 6.01. The Morgan fingerprint density at radius 1 is 1.53 bits per heavy atom. The molecule has 0 radical (unpaired) electrons. The molecule has 1 aromatic rings. The van der Waals surface area contributed by atoms with Crippen molar-refractivity contribution in [1.82, 2.24) is 4.90 Å². The van der Waals surface area contributed by atoms with E-state index in [1.54, 1.807) is 12.1 Å². The zero-order valence-electron chi connectivity index (χ0n) is 10.5. The maximum atomic E-state index is 11.2. The van der Waals surface area contributed by atoms with E-state index in [1.165, 1.54) is 7.11 Å². The summed E-state index contributed by atoms with van der Waals surface area (Å²) in [7, 11) is 1.54. The van der Waals surface area contributed by atoms with Crippen molar-refractivity contribution in [2.75, 3.05) is 13.7 Å². The largest absolute Gasteiger partial charge is 0.495 e. The molecule has 1 aromatic carbocycles. The third kappa shape index (κ3) is 3.14. The highest BCUT2D eigenvalue weighted by atomic mass is 35.5. The highest BCUT2D eigenvalue weighted by molar-refractivity contribution is 6.35. The number of nitrogens with zero attached hydrogens (tertiary/aromatic N) is 1. The summed E-state index contributed by atoms with van der Waals surface area (Å²) < 4.78 is 5.27. The van der Waals surface area contributed by atoms with Gasteiger partial charge in [0.1, 0.15) is 11.8 Å². The second-order valence-electron chi connectivity index (χ2n) is 4.55. The van der Waals surface area contributed by atoms with Crippen molar-refractivity contribution in [3.8, 4) is 5.75 Å². The van der Waals surface area contributed by atoms with Gasteiger partial charge in [-0.3, -0.25) is 9.69 Å². The van der Waals surface area contributed by atoms with Crippen LogP contribution in [-0.2, 0) is 11.3 Å². The average molecular weight is 304 g/mol. The molecule has 0 aromatic heterocycles. The number of benzene rings is 1. The van der Waals surface area contributed by atoms with Crippen LogP contribution in [0.4, 0.5) is 0 Å². The molecule has 0 amide bonds. The Balaban J connectivity index is 2.25. The zero-order chi connectivity index (χ0) is 14.0. The molecular formula is C13H15Cl2NO3. The molecule has 0 aliphatic carbocycles. The number of hydrogen-bond acceptors (Lipinski definition) is 3. The minimum Gasteiger partial charge on any atom is -0.495 e. The molecule has 1 heterocycles. The molecule has 1 aliphatic heterocycles. The molecule has 1 N–H and O–H groups in total. The fourth-order valence-electron chi connectivity index (χ4n) is 2.47. The van der Waals surface area contributed by atoms with Crippen LogP contribution in [0.3, 0.4) is 0 Å². The van der Waals surface area contributed by atoms with E-state index in [4.69, 9.17) is 27.9 Å². The van der Waals surface area contributed by atoms with E-state index in [0.717, 1.165) is 18.5 Å². The van der Waals surface area contributed by atoms with E-state index in [0.29, 0.717) is 28.8 Å². The number of carboxylic acids is 1. The van der Waals surface area contributed by atoms with Crippen molar-refractivity contribution in [2.24, 2.45) is 0 Å². The van der Waals surface area contributed by atoms with E-state index in [1.807, 2.05) is 4.90 Å². The van der Waals surface area contributed by atoms with Crippen molar-refractivity contribution in [3.05, 3.63) is 27.7 Å². The van der Waals surface area contributed by atoms with Crippen LogP contribution in [0, 0.1) is 0 Å². The summed E-state index contributed by atoms with van der Waals surface area (Å²) in [5.41, 5.74) is 0.813. The summed E-state index contributed by atoms with van der Waals surface area (Å²) in [4.78, 5) is 13.1. The predicted octanol–water partition coefficient (Wildman–Crippen LogP) is 3.05. The molecule has 0 saturated carbocycles. The van der Waals surface area contributed by atoms with Crippen LogP contribution in [0.15, 0.2) is 12.1 Å². The van der Waals surface area contributed by atoms with Gasteiger partial charge in [0.2, 0.25) is 0 Å². The molecule has 1 saturated heterocycles. The highest BCUT2D eigenvalue weighted by Gasteiger charge is 2.31. The third-order valence-electron chi connectivity index (χ3n) is 3.31. The number of ether oxygens (including phenoxy) is 1. The van der Waals surface area contributed by atoms with Crippen LogP contribution in [0.2, 0.25) is 10.0 Å². The van der Waals surface area contributed by atoms with Gasteiger partial charge in [-0.1, -0.05) is 23.2 Å². The van der Waals surface area contributed by atoms with Crippen LogP contribution in [0.5, 0.6) is 5.75 Å². The molecule has 1 aliphatic rings. The fraction of sp³-hybridized carbons (Fsp3) is 0.462. The van der Waals surface area contributed by atoms with Gasteiger partial charge in [-0.05, 0) is 31.5 Å². The van der Waals surface area contributed by atoms with Crippen molar-refractivity contribution in [1.29, 1.82) is 0 Å². The number of likely N-dealkylation sites (tertiary alicyclic amines) is 1. The van der Waals surface area contributed by atoms with Gasteiger partial charge >= 0.3 is 5.97 Å². The summed E-state index contributed by atoms with van der Waals surface area (Å²) in [6.45, 7) is 1.23. The Labute approximate surface area is 121 Å². The number of carbonyl (C=O) groups is 1. The Morgan fingerprint density at radius 2 is 2.26 bits per heavy atom. The summed E-state index contributed by atoms with van der Waals surface area (Å²) in [6, 6.07) is 2.94. The predicted molar refractivity (Wildman–Crippen MR) is 74.1 cm³/mol. The van der Waals surface area contributed by atoms with Gasteiger partial charge in [0.15, 0.2) is 0 Å². The standard InChI is InChI=1S/C13H15Cl2NO3/c1-19-12-8(5-9(14)6-10(12)15)7-16-4-2-3-11(16)13(17)18/h5-6,11H,2-4,7H2,1H3,(H,17,18)/t11-/m1/s1. The van der Waals surface area contributed by atoms with Crippen molar-refractivity contribution in [3.63, 3.8) is 0 Å². The highest BCUT2D eigenvalue weighted by Crippen LogP contribution is 2.34.